The SMILES string of the molecule is COc1ccc(-n2c(SCC(O)CO)nc3sc4c(c3c2=O)CCN(C)C4)cc1. The summed E-state index contributed by atoms with van der Waals surface area (Å²) < 4.78 is 6.83. The van der Waals surface area contributed by atoms with Gasteiger partial charge < -0.3 is 19.8 Å². The Hall–Kier alpha value is -1.91. The van der Waals surface area contributed by atoms with Crippen LogP contribution >= 0.6 is 23.1 Å². The molecule has 3 heterocycles. The van der Waals surface area contributed by atoms with Crippen molar-refractivity contribution in [3.8, 4) is 11.4 Å². The highest BCUT2D eigenvalue weighted by molar-refractivity contribution is 7.99. The molecule has 1 aliphatic heterocycles. The third-order valence-electron chi connectivity index (χ3n) is 4.98. The van der Waals surface area contributed by atoms with Crippen LogP contribution in [-0.4, -0.2) is 63.8 Å². The number of thioether (sulfide) groups is 1. The lowest BCUT2D eigenvalue weighted by Crippen LogP contribution is -2.27. The van der Waals surface area contributed by atoms with E-state index in [9.17, 15) is 9.90 Å². The van der Waals surface area contributed by atoms with Crippen molar-refractivity contribution in [3.05, 3.63) is 45.1 Å². The number of rotatable bonds is 6. The van der Waals surface area contributed by atoms with Crippen LogP contribution < -0.4 is 10.3 Å². The van der Waals surface area contributed by atoms with E-state index in [1.165, 1.54) is 16.6 Å². The van der Waals surface area contributed by atoms with Crippen LogP contribution in [0.2, 0.25) is 0 Å². The zero-order chi connectivity index (χ0) is 20.5. The average molecular weight is 434 g/mol. The molecule has 0 spiro atoms. The van der Waals surface area contributed by atoms with Crippen LogP contribution in [0.1, 0.15) is 10.4 Å². The number of fused-ring (bicyclic) bond motifs is 3. The summed E-state index contributed by atoms with van der Waals surface area (Å²) in [6.45, 7) is 1.41. The molecule has 2 N–H and O–H groups in total. The number of likely N-dealkylation sites (N-methyl/N-ethyl adjacent to an activating group) is 1. The summed E-state index contributed by atoms with van der Waals surface area (Å²) in [5, 5.41) is 20.1. The van der Waals surface area contributed by atoms with Gasteiger partial charge in [-0.2, -0.15) is 0 Å². The number of thiophene rings is 1. The zero-order valence-electron chi connectivity index (χ0n) is 16.3. The molecule has 0 fully saturated rings. The molecular formula is C20H23N3O4S2. The Bertz CT molecular complexity index is 1080. The molecule has 1 aromatic carbocycles. The summed E-state index contributed by atoms with van der Waals surface area (Å²) in [4.78, 5) is 22.6. The van der Waals surface area contributed by atoms with Gasteiger partial charge in [0.05, 0.1) is 30.9 Å². The van der Waals surface area contributed by atoms with Crippen LogP contribution in [-0.2, 0) is 13.0 Å². The number of nitrogens with zero attached hydrogens (tertiary/aromatic N) is 3. The van der Waals surface area contributed by atoms with E-state index >= 15 is 0 Å². The number of benzene rings is 1. The van der Waals surface area contributed by atoms with E-state index in [-0.39, 0.29) is 17.9 Å². The average Bonchev–Trinajstić information content (AvgIpc) is 3.09. The van der Waals surface area contributed by atoms with Gasteiger partial charge in [-0.25, -0.2) is 4.98 Å². The lowest BCUT2D eigenvalue weighted by molar-refractivity contribution is 0.113. The highest BCUT2D eigenvalue weighted by Crippen LogP contribution is 2.34. The van der Waals surface area contributed by atoms with E-state index in [1.54, 1.807) is 35.1 Å². The number of ether oxygens (including phenoxy) is 1. The molecule has 0 amide bonds. The molecule has 0 aliphatic carbocycles. The summed E-state index contributed by atoms with van der Waals surface area (Å²) in [7, 11) is 3.68. The standard InChI is InChI=1S/C20H23N3O4S2/c1-22-8-7-15-16(9-22)29-18-17(15)19(26)23(12-3-5-14(27-2)6-4-12)20(21-18)28-11-13(25)10-24/h3-6,13,24-25H,7-11H2,1-2H3. The maximum atomic E-state index is 13.6. The smallest absolute Gasteiger partial charge is 0.267 e. The fourth-order valence-corrected chi connectivity index (χ4v) is 5.70. The fourth-order valence-electron chi connectivity index (χ4n) is 3.43. The molecule has 1 unspecified atom stereocenters. The normalized spacial score (nSPS) is 15.4. The Labute approximate surface area is 176 Å². The first-order valence-corrected chi connectivity index (χ1v) is 11.1. The molecule has 0 radical (unpaired) electrons. The van der Waals surface area contributed by atoms with Crippen LogP contribution in [0.15, 0.2) is 34.2 Å². The molecular weight excluding hydrogens is 410 g/mol. The van der Waals surface area contributed by atoms with Gasteiger partial charge in [-0.15, -0.1) is 11.3 Å². The third kappa shape index (κ3) is 3.93. The first-order chi connectivity index (χ1) is 14.0. The van der Waals surface area contributed by atoms with E-state index in [1.807, 2.05) is 12.1 Å². The van der Waals surface area contributed by atoms with Crippen molar-refractivity contribution in [1.82, 2.24) is 14.5 Å². The fraction of sp³-hybridized carbons (Fsp3) is 0.400. The Kier molecular flexibility index (Phi) is 5.93. The molecule has 29 heavy (non-hydrogen) atoms. The first kappa shape index (κ1) is 20.4. The van der Waals surface area contributed by atoms with Crippen molar-refractivity contribution >= 4 is 33.3 Å². The van der Waals surface area contributed by atoms with Gasteiger partial charge in [0.15, 0.2) is 5.16 Å². The number of hydrogen-bond donors (Lipinski definition) is 2. The van der Waals surface area contributed by atoms with Crippen molar-refractivity contribution in [2.24, 2.45) is 0 Å². The summed E-state index contributed by atoms with van der Waals surface area (Å²) >= 11 is 2.84. The zero-order valence-corrected chi connectivity index (χ0v) is 17.9. The lowest BCUT2D eigenvalue weighted by Gasteiger charge is -2.21. The van der Waals surface area contributed by atoms with Gasteiger partial charge in [-0.1, -0.05) is 11.8 Å². The minimum absolute atomic E-state index is 0.0943. The van der Waals surface area contributed by atoms with Crippen molar-refractivity contribution in [3.63, 3.8) is 0 Å². The van der Waals surface area contributed by atoms with Crippen LogP contribution in [0.25, 0.3) is 15.9 Å². The topological polar surface area (TPSA) is 87.8 Å². The van der Waals surface area contributed by atoms with E-state index in [0.717, 1.165) is 29.9 Å². The highest BCUT2D eigenvalue weighted by Gasteiger charge is 2.24. The Morgan fingerprint density at radius 3 is 2.79 bits per heavy atom. The summed E-state index contributed by atoms with van der Waals surface area (Å²) in [6, 6.07) is 7.27. The second-order valence-corrected chi connectivity index (χ2v) is 9.12. The maximum absolute atomic E-state index is 13.6. The van der Waals surface area contributed by atoms with Crippen molar-refractivity contribution in [1.29, 1.82) is 0 Å². The monoisotopic (exact) mass is 433 g/mol. The van der Waals surface area contributed by atoms with Gasteiger partial charge >= 0.3 is 0 Å². The summed E-state index contributed by atoms with van der Waals surface area (Å²) in [5.74, 6) is 0.954. The largest absolute Gasteiger partial charge is 0.497 e. The molecule has 3 aromatic rings. The van der Waals surface area contributed by atoms with Gasteiger partial charge in [-0.3, -0.25) is 9.36 Å². The number of methoxy groups -OCH3 is 1. The molecule has 9 heteroatoms. The predicted molar refractivity (Wildman–Crippen MR) is 116 cm³/mol. The molecule has 0 bridgehead atoms. The Balaban J connectivity index is 1.89. The minimum Gasteiger partial charge on any atom is -0.497 e. The lowest BCUT2D eigenvalue weighted by atomic mass is 10.1. The molecule has 1 atom stereocenters. The van der Waals surface area contributed by atoms with Crippen molar-refractivity contribution < 1.29 is 14.9 Å². The van der Waals surface area contributed by atoms with Crippen molar-refractivity contribution in [2.75, 3.05) is 33.1 Å². The number of aliphatic hydroxyl groups is 2. The Morgan fingerprint density at radius 1 is 1.34 bits per heavy atom. The molecule has 4 rings (SSSR count). The molecule has 7 nitrogen and oxygen atoms in total. The first-order valence-electron chi connectivity index (χ1n) is 9.33. The van der Waals surface area contributed by atoms with Crippen LogP contribution in [0.3, 0.4) is 0 Å². The predicted octanol–water partition coefficient (Wildman–Crippen LogP) is 1.89. The maximum Gasteiger partial charge on any atom is 0.267 e. The van der Waals surface area contributed by atoms with Gasteiger partial charge in [0.25, 0.3) is 5.56 Å². The van der Waals surface area contributed by atoms with E-state index in [4.69, 9.17) is 14.8 Å². The van der Waals surface area contributed by atoms with Crippen LogP contribution in [0.5, 0.6) is 5.75 Å². The minimum atomic E-state index is -0.873. The van der Waals surface area contributed by atoms with Gasteiger partial charge in [-0.05, 0) is 43.3 Å². The summed E-state index contributed by atoms with van der Waals surface area (Å²) in [6.07, 6.45) is -0.0386. The van der Waals surface area contributed by atoms with Gasteiger partial charge in [0.1, 0.15) is 10.6 Å². The van der Waals surface area contributed by atoms with E-state index in [2.05, 4.69) is 11.9 Å². The quantitative estimate of drug-likeness (QED) is 0.453. The van der Waals surface area contributed by atoms with Crippen LogP contribution in [0.4, 0.5) is 0 Å². The molecule has 0 saturated heterocycles. The van der Waals surface area contributed by atoms with Crippen molar-refractivity contribution in [2.45, 2.75) is 24.2 Å². The number of hydrogen-bond acceptors (Lipinski definition) is 8. The molecule has 2 aromatic heterocycles. The highest BCUT2D eigenvalue weighted by atomic mass is 32.2. The number of aromatic nitrogens is 2. The van der Waals surface area contributed by atoms with Gasteiger partial charge in [0, 0.05) is 23.7 Å². The van der Waals surface area contributed by atoms with Crippen LogP contribution in [0, 0.1) is 0 Å². The second-order valence-electron chi connectivity index (χ2n) is 7.05. The van der Waals surface area contributed by atoms with Gasteiger partial charge in [0.2, 0.25) is 0 Å². The third-order valence-corrected chi connectivity index (χ3v) is 7.17. The summed E-state index contributed by atoms with van der Waals surface area (Å²) in [5.41, 5.74) is 1.71. The second kappa shape index (κ2) is 8.45. The van der Waals surface area contributed by atoms with E-state index < -0.39 is 6.10 Å². The van der Waals surface area contributed by atoms with E-state index in [0.29, 0.717) is 22.0 Å². The molecule has 0 saturated carbocycles. The number of aliphatic hydroxyl groups excluding tert-OH is 2. The molecule has 1 aliphatic rings. The Morgan fingerprint density at radius 2 is 2.10 bits per heavy atom. The molecule has 154 valence electrons.